The van der Waals surface area contributed by atoms with Crippen LogP contribution >= 0.6 is 0 Å². The molecular formula is C10H18N2O5S. The van der Waals surface area contributed by atoms with Gasteiger partial charge in [0.1, 0.15) is 6.54 Å². The summed E-state index contributed by atoms with van der Waals surface area (Å²) in [5.74, 6) is -0.429. The van der Waals surface area contributed by atoms with Gasteiger partial charge in [0, 0.05) is 13.1 Å². The normalized spacial score (nSPS) is 21.3. The number of nitrogens with zero attached hydrogens (tertiary/aromatic N) is 1. The monoisotopic (exact) mass is 278 g/mol. The predicted octanol–water partition coefficient (Wildman–Crippen LogP) is -0.622. The van der Waals surface area contributed by atoms with Gasteiger partial charge in [-0.05, 0) is 13.3 Å². The van der Waals surface area contributed by atoms with E-state index in [9.17, 15) is 18.0 Å². The lowest BCUT2D eigenvalue weighted by Gasteiger charge is -2.23. The van der Waals surface area contributed by atoms with E-state index in [1.165, 1.54) is 11.9 Å². The van der Waals surface area contributed by atoms with Crippen LogP contribution in [0.4, 0.5) is 4.79 Å². The molecule has 0 spiro atoms. The molecule has 18 heavy (non-hydrogen) atoms. The van der Waals surface area contributed by atoms with Crippen LogP contribution in [0.1, 0.15) is 13.3 Å². The molecular weight excluding hydrogens is 260 g/mol. The standard InChI is InChI=1S/C10H18N2O5S/c1-3-17-9(13)6-11-10(14)12(2)8-4-5-18(15,16)7-8/h8H,3-7H2,1-2H3,(H,11,14). The lowest BCUT2D eigenvalue weighted by molar-refractivity contribution is -0.141. The van der Waals surface area contributed by atoms with Crippen LogP contribution in [-0.4, -0.2) is 63.1 Å². The van der Waals surface area contributed by atoms with Crippen molar-refractivity contribution < 1.29 is 22.7 Å². The molecule has 104 valence electrons. The highest BCUT2D eigenvalue weighted by atomic mass is 32.2. The lowest BCUT2D eigenvalue weighted by atomic mass is 10.2. The molecule has 2 amide bonds. The highest BCUT2D eigenvalue weighted by molar-refractivity contribution is 7.91. The van der Waals surface area contributed by atoms with E-state index in [2.05, 4.69) is 10.1 Å². The molecule has 1 heterocycles. The zero-order chi connectivity index (χ0) is 13.8. The third kappa shape index (κ3) is 4.17. The molecule has 0 aliphatic carbocycles. The number of carbonyl (C=O) groups excluding carboxylic acids is 2. The van der Waals surface area contributed by atoms with Gasteiger partial charge >= 0.3 is 12.0 Å². The first-order valence-corrected chi connectivity index (χ1v) is 7.54. The van der Waals surface area contributed by atoms with E-state index < -0.39 is 21.8 Å². The van der Waals surface area contributed by atoms with E-state index in [1.807, 2.05) is 0 Å². The number of hydrogen-bond donors (Lipinski definition) is 1. The Hall–Kier alpha value is -1.31. The van der Waals surface area contributed by atoms with Gasteiger partial charge in [0.15, 0.2) is 9.84 Å². The summed E-state index contributed by atoms with van der Waals surface area (Å²) in [6.07, 6.45) is 0.436. The van der Waals surface area contributed by atoms with Crippen LogP contribution in [0.15, 0.2) is 0 Å². The van der Waals surface area contributed by atoms with E-state index in [1.54, 1.807) is 6.92 Å². The van der Waals surface area contributed by atoms with Crippen molar-refractivity contribution in [2.75, 3.05) is 31.7 Å². The first-order valence-electron chi connectivity index (χ1n) is 5.72. The number of rotatable bonds is 4. The number of ether oxygens (including phenoxy) is 1. The van der Waals surface area contributed by atoms with Crippen LogP contribution in [0.3, 0.4) is 0 Å². The van der Waals surface area contributed by atoms with Gasteiger partial charge in [-0.3, -0.25) is 4.79 Å². The summed E-state index contributed by atoms with van der Waals surface area (Å²) in [5.41, 5.74) is 0. The Labute approximate surface area is 106 Å². The highest BCUT2D eigenvalue weighted by Gasteiger charge is 2.32. The van der Waals surface area contributed by atoms with Crippen LogP contribution in [0, 0.1) is 0 Å². The molecule has 1 aliphatic heterocycles. The van der Waals surface area contributed by atoms with Crippen LogP contribution < -0.4 is 5.32 Å². The van der Waals surface area contributed by atoms with Crippen molar-refractivity contribution >= 4 is 21.8 Å². The van der Waals surface area contributed by atoms with Crippen LogP contribution in [0.5, 0.6) is 0 Å². The highest BCUT2D eigenvalue weighted by Crippen LogP contribution is 2.16. The molecule has 0 radical (unpaired) electrons. The molecule has 1 fully saturated rings. The first-order chi connectivity index (χ1) is 8.35. The van der Waals surface area contributed by atoms with Crippen molar-refractivity contribution in [3.8, 4) is 0 Å². The van der Waals surface area contributed by atoms with Crippen molar-refractivity contribution in [3.63, 3.8) is 0 Å². The summed E-state index contributed by atoms with van der Waals surface area (Å²) in [5, 5.41) is 2.39. The molecule has 1 atom stereocenters. The summed E-state index contributed by atoms with van der Waals surface area (Å²) in [6.45, 7) is 1.72. The number of sulfone groups is 1. The second kappa shape index (κ2) is 6.03. The molecule has 1 unspecified atom stereocenters. The first kappa shape index (κ1) is 14.7. The molecule has 0 aromatic rings. The number of nitrogens with one attached hydrogen (secondary N) is 1. The van der Waals surface area contributed by atoms with Gasteiger partial charge in [-0.15, -0.1) is 0 Å². The fraction of sp³-hybridized carbons (Fsp3) is 0.800. The van der Waals surface area contributed by atoms with Crippen molar-refractivity contribution in [1.82, 2.24) is 10.2 Å². The van der Waals surface area contributed by atoms with Crippen LogP contribution in [-0.2, 0) is 19.4 Å². The molecule has 7 nitrogen and oxygen atoms in total. The van der Waals surface area contributed by atoms with E-state index in [-0.39, 0.29) is 30.7 Å². The Kier molecular flexibility index (Phi) is 4.94. The zero-order valence-corrected chi connectivity index (χ0v) is 11.3. The summed E-state index contributed by atoms with van der Waals surface area (Å²) in [6, 6.07) is -0.789. The van der Waals surface area contributed by atoms with Gasteiger partial charge in [-0.1, -0.05) is 0 Å². The maximum atomic E-state index is 11.7. The van der Waals surface area contributed by atoms with Gasteiger partial charge in [-0.25, -0.2) is 13.2 Å². The third-order valence-electron chi connectivity index (χ3n) is 2.77. The van der Waals surface area contributed by atoms with Crippen molar-refractivity contribution in [1.29, 1.82) is 0 Å². The third-order valence-corrected chi connectivity index (χ3v) is 4.52. The number of urea groups is 1. The zero-order valence-electron chi connectivity index (χ0n) is 10.5. The maximum absolute atomic E-state index is 11.7. The lowest BCUT2D eigenvalue weighted by Crippen LogP contribution is -2.45. The molecule has 1 aliphatic rings. The van der Waals surface area contributed by atoms with E-state index in [0.717, 1.165) is 0 Å². The van der Waals surface area contributed by atoms with Crippen LogP contribution in [0.2, 0.25) is 0 Å². The molecule has 1 rings (SSSR count). The minimum atomic E-state index is -3.03. The van der Waals surface area contributed by atoms with Crippen molar-refractivity contribution in [3.05, 3.63) is 0 Å². The molecule has 0 saturated carbocycles. The number of carbonyl (C=O) groups is 2. The van der Waals surface area contributed by atoms with E-state index >= 15 is 0 Å². The summed E-state index contributed by atoms with van der Waals surface area (Å²) >= 11 is 0. The van der Waals surface area contributed by atoms with Crippen molar-refractivity contribution in [2.45, 2.75) is 19.4 Å². The Balaban J connectivity index is 2.40. The smallest absolute Gasteiger partial charge is 0.325 e. The van der Waals surface area contributed by atoms with Gasteiger partial charge in [0.25, 0.3) is 0 Å². The second-order valence-corrected chi connectivity index (χ2v) is 6.36. The second-order valence-electron chi connectivity index (χ2n) is 4.13. The average Bonchev–Trinajstić information content (AvgIpc) is 2.66. The SMILES string of the molecule is CCOC(=O)CNC(=O)N(C)C1CCS(=O)(=O)C1. The Bertz CT molecular complexity index is 420. The Morgan fingerprint density at radius 2 is 2.11 bits per heavy atom. The number of hydrogen-bond acceptors (Lipinski definition) is 5. The van der Waals surface area contributed by atoms with Gasteiger partial charge in [0.05, 0.1) is 18.1 Å². The predicted molar refractivity (Wildman–Crippen MR) is 64.9 cm³/mol. The molecule has 1 N–H and O–H groups in total. The average molecular weight is 278 g/mol. The minimum Gasteiger partial charge on any atom is -0.465 e. The quantitative estimate of drug-likeness (QED) is 0.692. The van der Waals surface area contributed by atoms with Gasteiger partial charge in [0.2, 0.25) is 0 Å². The topological polar surface area (TPSA) is 92.8 Å². The van der Waals surface area contributed by atoms with Gasteiger partial charge in [-0.2, -0.15) is 0 Å². The molecule has 0 bridgehead atoms. The fourth-order valence-corrected chi connectivity index (χ4v) is 3.51. The van der Waals surface area contributed by atoms with Gasteiger partial charge < -0.3 is 15.0 Å². The molecule has 8 heteroatoms. The molecule has 0 aromatic heterocycles. The molecule has 1 saturated heterocycles. The van der Waals surface area contributed by atoms with Crippen molar-refractivity contribution in [2.24, 2.45) is 0 Å². The molecule has 0 aromatic carbocycles. The Morgan fingerprint density at radius 1 is 1.44 bits per heavy atom. The summed E-state index contributed by atoms with van der Waals surface area (Å²) in [4.78, 5) is 24.0. The van der Waals surface area contributed by atoms with E-state index in [0.29, 0.717) is 6.42 Å². The largest absolute Gasteiger partial charge is 0.465 e. The maximum Gasteiger partial charge on any atom is 0.325 e. The minimum absolute atomic E-state index is 0.0175. The number of amides is 2. The summed E-state index contributed by atoms with van der Waals surface area (Å²) < 4.78 is 27.2. The summed E-state index contributed by atoms with van der Waals surface area (Å²) in [7, 11) is -1.51. The number of esters is 1. The van der Waals surface area contributed by atoms with E-state index in [4.69, 9.17) is 0 Å². The fourth-order valence-electron chi connectivity index (χ4n) is 1.73. The van der Waals surface area contributed by atoms with Crippen LogP contribution in [0.25, 0.3) is 0 Å². The Morgan fingerprint density at radius 3 is 2.61 bits per heavy atom.